The highest BCUT2D eigenvalue weighted by Crippen LogP contribution is 2.32. The van der Waals surface area contributed by atoms with E-state index in [1.165, 1.54) is 6.92 Å². The van der Waals surface area contributed by atoms with Gasteiger partial charge in [0.05, 0.1) is 15.7 Å². The van der Waals surface area contributed by atoms with Crippen molar-refractivity contribution in [3.63, 3.8) is 0 Å². The molecule has 3 N–H and O–H groups in total. The molecule has 0 radical (unpaired) electrons. The molecule has 20 heavy (non-hydrogen) atoms. The summed E-state index contributed by atoms with van der Waals surface area (Å²) in [5, 5.41) is 3.98. The van der Waals surface area contributed by atoms with Gasteiger partial charge in [-0.25, -0.2) is 0 Å². The van der Waals surface area contributed by atoms with Crippen LogP contribution in [-0.4, -0.2) is 18.1 Å². The van der Waals surface area contributed by atoms with Gasteiger partial charge in [0.1, 0.15) is 6.10 Å². The first-order chi connectivity index (χ1) is 9.10. The van der Waals surface area contributed by atoms with Gasteiger partial charge in [0.25, 0.3) is 0 Å². The number of esters is 1. The lowest BCUT2D eigenvalue weighted by atomic mass is 10.1. The number of benzene rings is 1. The fraction of sp³-hybridized carbons (Fsp3) is 0.500. The minimum absolute atomic E-state index is 0.0974. The number of halogens is 2. The molecule has 0 aliphatic carbocycles. The Kier molecular flexibility index (Phi) is 5.68. The number of ether oxygens (including phenoxy) is 1. The number of rotatable bonds is 4. The maximum atomic E-state index is 11.2. The zero-order valence-corrected chi connectivity index (χ0v) is 13.6. The highest BCUT2D eigenvalue weighted by molar-refractivity contribution is 6.38. The summed E-state index contributed by atoms with van der Waals surface area (Å²) in [5.74, 6) is -0.366. The van der Waals surface area contributed by atoms with Gasteiger partial charge in [0.2, 0.25) is 0 Å². The molecule has 0 saturated heterocycles. The Bertz CT molecular complexity index is 475. The van der Waals surface area contributed by atoms with Crippen molar-refractivity contribution >= 4 is 34.9 Å². The average molecular weight is 319 g/mol. The summed E-state index contributed by atoms with van der Waals surface area (Å²) in [6.45, 7) is 7.91. The number of hydrogen-bond donors (Lipinski definition) is 2. The van der Waals surface area contributed by atoms with Gasteiger partial charge in [-0.15, -0.1) is 0 Å². The lowest BCUT2D eigenvalue weighted by Crippen LogP contribution is -2.39. The van der Waals surface area contributed by atoms with E-state index in [1.54, 1.807) is 12.1 Å². The first kappa shape index (κ1) is 17.1. The Balaban J connectivity index is 3.01. The molecule has 0 fully saturated rings. The first-order valence-corrected chi connectivity index (χ1v) is 7.02. The molecule has 1 aromatic carbocycles. The molecule has 6 heteroatoms. The molecule has 0 saturated carbocycles. The van der Waals surface area contributed by atoms with Crippen molar-refractivity contribution in [2.45, 2.75) is 39.3 Å². The van der Waals surface area contributed by atoms with Gasteiger partial charge in [-0.3, -0.25) is 4.79 Å². The number of carbonyl (C=O) groups is 1. The van der Waals surface area contributed by atoms with Gasteiger partial charge < -0.3 is 15.8 Å². The highest BCUT2D eigenvalue weighted by atomic mass is 35.5. The van der Waals surface area contributed by atoms with Gasteiger partial charge in [0, 0.05) is 19.0 Å². The number of carbonyl (C=O) groups excluding carboxylic acids is 1. The SMILES string of the molecule is CC(=O)OC(CNC(C)(C)C)c1cc(Cl)c(N)c(Cl)c1. The molecule has 0 aromatic heterocycles. The monoisotopic (exact) mass is 318 g/mol. The molecule has 0 aliphatic heterocycles. The van der Waals surface area contributed by atoms with Crippen LogP contribution in [0.4, 0.5) is 5.69 Å². The van der Waals surface area contributed by atoms with E-state index in [9.17, 15) is 4.79 Å². The Morgan fingerprint density at radius 3 is 2.25 bits per heavy atom. The minimum Gasteiger partial charge on any atom is -0.456 e. The molecule has 4 nitrogen and oxygen atoms in total. The van der Waals surface area contributed by atoms with Crippen LogP contribution in [0.1, 0.15) is 39.4 Å². The van der Waals surface area contributed by atoms with Crippen LogP contribution in [0.25, 0.3) is 0 Å². The maximum Gasteiger partial charge on any atom is 0.303 e. The van der Waals surface area contributed by atoms with Crippen LogP contribution in [0.15, 0.2) is 12.1 Å². The smallest absolute Gasteiger partial charge is 0.303 e. The first-order valence-electron chi connectivity index (χ1n) is 6.27. The van der Waals surface area contributed by atoms with E-state index in [0.29, 0.717) is 27.8 Å². The van der Waals surface area contributed by atoms with Crippen LogP contribution in [0, 0.1) is 0 Å². The molecule has 1 unspecified atom stereocenters. The van der Waals surface area contributed by atoms with Crippen molar-refractivity contribution in [1.29, 1.82) is 0 Å². The van der Waals surface area contributed by atoms with E-state index in [1.807, 2.05) is 20.8 Å². The summed E-state index contributed by atoms with van der Waals surface area (Å²) in [6.07, 6.45) is -0.470. The summed E-state index contributed by atoms with van der Waals surface area (Å²) >= 11 is 12.0. The molecule has 1 rings (SSSR count). The summed E-state index contributed by atoms with van der Waals surface area (Å²) in [7, 11) is 0. The van der Waals surface area contributed by atoms with Crippen molar-refractivity contribution in [1.82, 2.24) is 5.32 Å². The Labute approximate surface area is 129 Å². The number of nitrogens with two attached hydrogens (primary N) is 1. The van der Waals surface area contributed by atoms with E-state index in [2.05, 4.69) is 5.32 Å². The van der Waals surface area contributed by atoms with Crippen molar-refractivity contribution in [3.05, 3.63) is 27.7 Å². The van der Waals surface area contributed by atoms with Gasteiger partial charge in [0.15, 0.2) is 0 Å². The Morgan fingerprint density at radius 1 is 1.35 bits per heavy atom. The zero-order valence-electron chi connectivity index (χ0n) is 12.1. The van der Waals surface area contributed by atoms with Gasteiger partial charge >= 0.3 is 5.97 Å². The Morgan fingerprint density at radius 2 is 1.85 bits per heavy atom. The van der Waals surface area contributed by atoms with Gasteiger partial charge in [-0.2, -0.15) is 0 Å². The lowest BCUT2D eigenvalue weighted by Gasteiger charge is -2.25. The van der Waals surface area contributed by atoms with Crippen molar-refractivity contribution in [2.24, 2.45) is 0 Å². The summed E-state index contributed by atoms with van der Waals surface area (Å²) in [5.41, 5.74) is 6.64. The predicted molar refractivity (Wildman–Crippen MR) is 83.1 cm³/mol. The van der Waals surface area contributed by atoms with Crippen LogP contribution in [0.5, 0.6) is 0 Å². The highest BCUT2D eigenvalue weighted by Gasteiger charge is 2.20. The molecule has 0 bridgehead atoms. The minimum atomic E-state index is -0.470. The maximum absolute atomic E-state index is 11.2. The molecule has 0 spiro atoms. The van der Waals surface area contributed by atoms with E-state index in [0.717, 1.165) is 0 Å². The Hall–Kier alpha value is -0.970. The lowest BCUT2D eigenvalue weighted by molar-refractivity contribution is -0.146. The third-order valence-corrected chi connectivity index (χ3v) is 3.22. The van der Waals surface area contributed by atoms with E-state index >= 15 is 0 Å². The molecule has 1 aromatic rings. The number of nitrogens with one attached hydrogen (secondary N) is 1. The van der Waals surface area contributed by atoms with Crippen molar-refractivity contribution in [2.75, 3.05) is 12.3 Å². The zero-order chi connectivity index (χ0) is 15.5. The van der Waals surface area contributed by atoms with Crippen molar-refractivity contribution < 1.29 is 9.53 Å². The fourth-order valence-electron chi connectivity index (χ4n) is 1.62. The standard InChI is InChI=1S/C14H20Cl2N2O2/c1-8(19)20-12(7-18-14(2,3)4)9-5-10(15)13(17)11(16)6-9/h5-6,12,18H,7,17H2,1-4H3. The van der Waals surface area contributed by atoms with Crippen LogP contribution in [0.2, 0.25) is 10.0 Å². The largest absolute Gasteiger partial charge is 0.456 e. The van der Waals surface area contributed by atoms with Crippen LogP contribution in [0.3, 0.4) is 0 Å². The second kappa shape index (κ2) is 6.66. The molecule has 0 heterocycles. The van der Waals surface area contributed by atoms with Crippen LogP contribution in [-0.2, 0) is 9.53 Å². The normalized spacial score (nSPS) is 13.1. The quantitative estimate of drug-likeness (QED) is 0.658. The average Bonchev–Trinajstić information content (AvgIpc) is 2.29. The van der Waals surface area contributed by atoms with E-state index in [-0.39, 0.29) is 11.5 Å². The van der Waals surface area contributed by atoms with Gasteiger partial charge in [-0.05, 0) is 38.5 Å². The third-order valence-electron chi connectivity index (χ3n) is 2.60. The third kappa shape index (κ3) is 5.19. The summed E-state index contributed by atoms with van der Waals surface area (Å²) < 4.78 is 5.32. The topological polar surface area (TPSA) is 64.3 Å². The van der Waals surface area contributed by atoms with Crippen molar-refractivity contribution in [3.8, 4) is 0 Å². The molecule has 0 aliphatic rings. The molecular formula is C14H20Cl2N2O2. The van der Waals surface area contributed by atoms with Crippen LogP contribution >= 0.6 is 23.2 Å². The van der Waals surface area contributed by atoms with E-state index < -0.39 is 6.10 Å². The van der Waals surface area contributed by atoms with Crippen LogP contribution < -0.4 is 11.1 Å². The number of anilines is 1. The second-order valence-corrected chi connectivity index (χ2v) is 6.44. The second-order valence-electron chi connectivity index (χ2n) is 5.63. The molecule has 1 atom stereocenters. The summed E-state index contributed by atoms with van der Waals surface area (Å²) in [6, 6.07) is 3.33. The predicted octanol–water partition coefficient (Wildman–Crippen LogP) is 3.57. The van der Waals surface area contributed by atoms with Gasteiger partial charge in [-0.1, -0.05) is 23.2 Å². The molecule has 112 valence electrons. The summed E-state index contributed by atoms with van der Waals surface area (Å²) in [4.78, 5) is 11.2. The number of hydrogen-bond acceptors (Lipinski definition) is 4. The molecular weight excluding hydrogens is 299 g/mol. The fourth-order valence-corrected chi connectivity index (χ4v) is 2.12. The van der Waals surface area contributed by atoms with E-state index in [4.69, 9.17) is 33.7 Å². The molecule has 0 amide bonds. The number of nitrogen functional groups attached to an aromatic ring is 1.